The van der Waals surface area contributed by atoms with Crippen LogP contribution in [0.3, 0.4) is 0 Å². The lowest BCUT2D eigenvalue weighted by Crippen LogP contribution is -2.44. The summed E-state index contributed by atoms with van der Waals surface area (Å²) in [7, 11) is 0. The second-order valence-corrected chi connectivity index (χ2v) is 5.67. The zero-order chi connectivity index (χ0) is 17.6. The average molecular weight is 361 g/mol. The number of hydrogen-bond acceptors (Lipinski definition) is 4. The Balaban J connectivity index is 1.49. The summed E-state index contributed by atoms with van der Waals surface area (Å²) in [6, 6.07) is 11.4. The highest BCUT2D eigenvalue weighted by Gasteiger charge is 2.13. The van der Waals surface area contributed by atoms with Crippen molar-refractivity contribution in [3.05, 3.63) is 53.8 Å². The standard InChI is InChI=1S/C17H16FN3O3S/c18-12-3-1-2-4-13(12)19-17(25)21-20-16(22)10-11-5-6-14-15(9-11)24-8-7-23-14/h1-6,9H,7-8,10H2,(H,20,22)(H2,19,21,25). The Labute approximate surface area is 149 Å². The molecule has 0 aliphatic carbocycles. The molecule has 0 atom stereocenters. The van der Waals surface area contributed by atoms with Gasteiger partial charge in [-0.05, 0) is 42.0 Å². The molecule has 1 heterocycles. The molecule has 0 radical (unpaired) electrons. The van der Waals surface area contributed by atoms with E-state index >= 15 is 0 Å². The Hall–Kier alpha value is -2.87. The Kier molecular flexibility index (Phi) is 5.30. The number of carbonyl (C=O) groups excluding carboxylic acids is 1. The van der Waals surface area contributed by atoms with Crippen LogP contribution in [-0.2, 0) is 11.2 Å². The van der Waals surface area contributed by atoms with Gasteiger partial charge in [0.15, 0.2) is 16.6 Å². The van der Waals surface area contributed by atoms with Crippen molar-refractivity contribution < 1.29 is 18.7 Å². The number of hydrazine groups is 1. The summed E-state index contributed by atoms with van der Waals surface area (Å²) in [5.41, 5.74) is 6.00. The minimum absolute atomic E-state index is 0.0839. The van der Waals surface area contributed by atoms with E-state index in [2.05, 4.69) is 16.2 Å². The molecule has 1 aliphatic rings. The van der Waals surface area contributed by atoms with E-state index < -0.39 is 5.82 Å². The Morgan fingerprint density at radius 3 is 2.64 bits per heavy atom. The van der Waals surface area contributed by atoms with Crippen molar-refractivity contribution in [2.45, 2.75) is 6.42 Å². The number of rotatable bonds is 3. The topological polar surface area (TPSA) is 71.6 Å². The maximum atomic E-state index is 13.5. The molecule has 3 rings (SSSR count). The summed E-state index contributed by atoms with van der Waals surface area (Å²) in [5.74, 6) is 0.564. The lowest BCUT2D eigenvalue weighted by Gasteiger charge is -2.18. The van der Waals surface area contributed by atoms with Gasteiger partial charge in [-0.2, -0.15) is 0 Å². The fourth-order valence-corrected chi connectivity index (χ4v) is 2.43. The number of anilines is 1. The normalized spacial score (nSPS) is 12.2. The van der Waals surface area contributed by atoms with Gasteiger partial charge in [-0.15, -0.1) is 0 Å². The zero-order valence-electron chi connectivity index (χ0n) is 13.2. The average Bonchev–Trinajstić information content (AvgIpc) is 2.62. The first-order valence-corrected chi connectivity index (χ1v) is 8.01. The second kappa shape index (κ2) is 7.80. The Morgan fingerprint density at radius 1 is 1.08 bits per heavy atom. The third-order valence-corrected chi connectivity index (χ3v) is 3.61. The minimum Gasteiger partial charge on any atom is -0.486 e. The molecule has 0 saturated carbocycles. The van der Waals surface area contributed by atoms with E-state index in [-0.39, 0.29) is 23.1 Å². The monoisotopic (exact) mass is 361 g/mol. The van der Waals surface area contributed by atoms with Gasteiger partial charge >= 0.3 is 0 Å². The van der Waals surface area contributed by atoms with E-state index in [0.29, 0.717) is 24.7 Å². The Morgan fingerprint density at radius 2 is 1.84 bits per heavy atom. The molecule has 0 spiro atoms. The predicted octanol–water partition coefficient (Wildman–Crippen LogP) is 2.16. The van der Waals surface area contributed by atoms with Gasteiger partial charge in [0.1, 0.15) is 19.0 Å². The number of ether oxygens (including phenoxy) is 2. The molecule has 8 heteroatoms. The van der Waals surface area contributed by atoms with Crippen molar-refractivity contribution in [1.29, 1.82) is 0 Å². The van der Waals surface area contributed by atoms with Crippen molar-refractivity contribution in [2.75, 3.05) is 18.5 Å². The zero-order valence-corrected chi connectivity index (χ0v) is 14.0. The van der Waals surface area contributed by atoms with E-state index in [9.17, 15) is 9.18 Å². The number of benzene rings is 2. The summed E-state index contributed by atoms with van der Waals surface area (Å²) < 4.78 is 24.4. The van der Waals surface area contributed by atoms with E-state index in [1.807, 2.05) is 0 Å². The SMILES string of the molecule is O=C(Cc1ccc2c(c1)OCCO2)NNC(=S)Nc1ccccc1F. The van der Waals surface area contributed by atoms with Gasteiger partial charge in [-0.25, -0.2) is 4.39 Å². The van der Waals surface area contributed by atoms with Crippen LogP contribution in [0.15, 0.2) is 42.5 Å². The van der Waals surface area contributed by atoms with Gasteiger partial charge in [0, 0.05) is 0 Å². The summed E-state index contributed by atoms with van der Waals surface area (Å²) in [4.78, 5) is 12.0. The van der Waals surface area contributed by atoms with Crippen molar-refractivity contribution in [2.24, 2.45) is 0 Å². The largest absolute Gasteiger partial charge is 0.486 e. The van der Waals surface area contributed by atoms with E-state index in [1.54, 1.807) is 36.4 Å². The molecule has 2 aromatic rings. The molecule has 1 aliphatic heterocycles. The molecule has 2 aromatic carbocycles. The van der Waals surface area contributed by atoms with Gasteiger partial charge in [0.25, 0.3) is 0 Å². The summed E-state index contributed by atoms with van der Waals surface area (Å²) in [6.45, 7) is 1.00. The van der Waals surface area contributed by atoms with Gasteiger partial charge in [0.05, 0.1) is 12.1 Å². The molecule has 6 nitrogen and oxygen atoms in total. The van der Waals surface area contributed by atoms with Gasteiger partial charge in [0.2, 0.25) is 5.91 Å². The van der Waals surface area contributed by atoms with Crippen molar-refractivity contribution in [1.82, 2.24) is 10.9 Å². The molecular weight excluding hydrogens is 345 g/mol. The van der Waals surface area contributed by atoms with E-state index in [4.69, 9.17) is 21.7 Å². The maximum absolute atomic E-state index is 13.5. The lowest BCUT2D eigenvalue weighted by molar-refractivity contribution is -0.120. The lowest BCUT2D eigenvalue weighted by atomic mass is 10.1. The van der Waals surface area contributed by atoms with Crippen molar-refractivity contribution in [3.8, 4) is 11.5 Å². The van der Waals surface area contributed by atoms with Crippen LogP contribution in [0.1, 0.15) is 5.56 Å². The third-order valence-electron chi connectivity index (χ3n) is 3.41. The molecule has 1 amide bonds. The number of carbonyl (C=O) groups is 1. The predicted molar refractivity (Wildman–Crippen MR) is 95.0 cm³/mol. The van der Waals surface area contributed by atoms with E-state index in [0.717, 1.165) is 5.56 Å². The van der Waals surface area contributed by atoms with E-state index in [1.165, 1.54) is 6.07 Å². The van der Waals surface area contributed by atoms with Crippen LogP contribution in [0.2, 0.25) is 0 Å². The number of para-hydroxylation sites is 1. The first-order chi connectivity index (χ1) is 12.1. The van der Waals surface area contributed by atoms with Crippen LogP contribution in [0.4, 0.5) is 10.1 Å². The van der Waals surface area contributed by atoms with Crippen LogP contribution in [0, 0.1) is 5.82 Å². The van der Waals surface area contributed by atoms with Crippen LogP contribution < -0.4 is 25.6 Å². The fourth-order valence-electron chi connectivity index (χ4n) is 2.27. The van der Waals surface area contributed by atoms with Gasteiger partial charge in [-0.3, -0.25) is 15.6 Å². The summed E-state index contributed by atoms with van der Waals surface area (Å²) >= 11 is 5.02. The van der Waals surface area contributed by atoms with Crippen molar-refractivity contribution >= 4 is 28.9 Å². The summed E-state index contributed by atoms with van der Waals surface area (Å²) in [6.07, 6.45) is 0.131. The summed E-state index contributed by atoms with van der Waals surface area (Å²) in [5, 5.41) is 2.75. The molecule has 0 unspecified atom stereocenters. The van der Waals surface area contributed by atoms with Gasteiger partial charge in [-0.1, -0.05) is 18.2 Å². The highest BCUT2D eigenvalue weighted by molar-refractivity contribution is 7.80. The fraction of sp³-hybridized carbons (Fsp3) is 0.176. The smallest absolute Gasteiger partial charge is 0.242 e. The first-order valence-electron chi connectivity index (χ1n) is 7.61. The number of halogens is 1. The van der Waals surface area contributed by atoms with Crippen LogP contribution in [0.5, 0.6) is 11.5 Å². The maximum Gasteiger partial charge on any atom is 0.242 e. The first kappa shape index (κ1) is 17.0. The molecule has 0 saturated heterocycles. The molecule has 0 bridgehead atoms. The number of fused-ring (bicyclic) bond motifs is 1. The minimum atomic E-state index is -0.436. The number of nitrogens with one attached hydrogen (secondary N) is 3. The quantitative estimate of drug-likeness (QED) is 0.575. The molecule has 130 valence electrons. The van der Waals surface area contributed by atoms with Crippen LogP contribution in [-0.4, -0.2) is 24.2 Å². The second-order valence-electron chi connectivity index (χ2n) is 5.26. The molecule has 25 heavy (non-hydrogen) atoms. The van der Waals surface area contributed by atoms with Crippen molar-refractivity contribution in [3.63, 3.8) is 0 Å². The van der Waals surface area contributed by atoms with Crippen LogP contribution in [0.25, 0.3) is 0 Å². The molecule has 3 N–H and O–H groups in total. The number of amides is 1. The molecule has 0 fully saturated rings. The molecule has 0 aromatic heterocycles. The Bertz CT molecular complexity index is 800. The van der Waals surface area contributed by atoms with Gasteiger partial charge < -0.3 is 14.8 Å². The number of thiocarbonyl (C=S) groups is 1. The third kappa shape index (κ3) is 4.57. The number of hydrogen-bond donors (Lipinski definition) is 3. The molecular formula is C17H16FN3O3S. The highest BCUT2D eigenvalue weighted by Crippen LogP contribution is 2.30. The highest BCUT2D eigenvalue weighted by atomic mass is 32.1. The van der Waals surface area contributed by atoms with Crippen LogP contribution >= 0.6 is 12.2 Å².